The van der Waals surface area contributed by atoms with Crippen molar-refractivity contribution in [2.24, 2.45) is 5.73 Å². The molecule has 0 spiro atoms. The second kappa shape index (κ2) is 4.59. The van der Waals surface area contributed by atoms with Gasteiger partial charge in [-0.3, -0.25) is 0 Å². The van der Waals surface area contributed by atoms with Crippen LogP contribution in [-0.4, -0.2) is 22.2 Å². The highest BCUT2D eigenvalue weighted by Gasteiger charge is 2.11. The second-order valence-electron chi connectivity index (χ2n) is 4.03. The summed E-state index contributed by atoms with van der Waals surface area (Å²) in [5, 5.41) is 10.0. The van der Waals surface area contributed by atoms with Gasteiger partial charge in [-0.05, 0) is 30.2 Å². The maximum Gasteiger partial charge on any atom is 0.335 e. The van der Waals surface area contributed by atoms with Gasteiger partial charge in [0.15, 0.2) is 0 Å². The van der Waals surface area contributed by atoms with Gasteiger partial charge in [-0.2, -0.15) is 0 Å². The molecule has 0 fully saturated rings. The minimum atomic E-state index is -0.881. The summed E-state index contributed by atoms with van der Waals surface area (Å²) in [6.45, 7) is 3.36. The topological polar surface area (TPSA) is 68.2 Å². The zero-order chi connectivity index (χ0) is 12.4. The number of rotatable bonds is 4. The molecule has 0 radical (unpaired) electrons. The SMILES string of the molecule is CCc1cc(C(=O)O)cc2ccn(CCN)c12. The van der Waals surface area contributed by atoms with Crippen molar-refractivity contribution in [1.82, 2.24) is 4.57 Å². The van der Waals surface area contributed by atoms with Crippen LogP contribution in [0.2, 0.25) is 0 Å². The van der Waals surface area contributed by atoms with Crippen molar-refractivity contribution in [3.63, 3.8) is 0 Å². The molecule has 2 aromatic rings. The van der Waals surface area contributed by atoms with Crippen LogP contribution in [0.1, 0.15) is 22.8 Å². The van der Waals surface area contributed by atoms with Crippen LogP contribution in [0.15, 0.2) is 24.4 Å². The fraction of sp³-hybridized carbons (Fsp3) is 0.308. The van der Waals surface area contributed by atoms with Crippen molar-refractivity contribution < 1.29 is 9.90 Å². The fourth-order valence-corrected chi connectivity index (χ4v) is 2.16. The number of benzene rings is 1. The van der Waals surface area contributed by atoms with Gasteiger partial charge in [-0.25, -0.2) is 4.79 Å². The number of aryl methyl sites for hydroxylation is 1. The first-order chi connectivity index (χ1) is 8.17. The lowest BCUT2D eigenvalue weighted by Gasteiger charge is -2.08. The number of carboxylic acids is 1. The second-order valence-corrected chi connectivity index (χ2v) is 4.03. The van der Waals surface area contributed by atoms with Crippen LogP contribution in [0.4, 0.5) is 0 Å². The minimum absolute atomic E-state index is 0.347. The lowest BCUT2D eigenvalue weighted by molar-refractivity contribution is 0.0697. The maximum absolute atomic E-state index is 11.0. The standard InChI is InChI=1S/C13H16N2O2/c1-2-9-7-11(13(16)17)8-10-3-5-15(6-4-14)12(9)10/h3,5,7-8H,2,4,6,14H2,1H3,(H,16,17). The molecule has 1 heterocycles. The molecule has 1 aromatic carbocycles. The Morgan fingerprint density at radius 2 is 2.24 bits per heavy atom. The highest BCUT2D eigenvalue weighted by molar-refractivity contribution is 5.95. The number of nitrogens with two attached hydrogens (primary N) is 1. The summed E-state index contributed by atoms with van der Waals surface area (Å²) in [6.07, 6.45) is 2.77. The monoisotopic (exact) mass is 232 g/mol. The Hall–Kier alpha value is -1.81. The molecule has 0 aliphatic carbocycles. The molecule has 0 bridgehead atoms. The third-order valence-electron chi connectivity index (χ3n) is 2.94. The van der Waals surface area contributed by atoms with Crippen molar-refractivity contribution in [2.75, 3.05) is 6.54 Å². The summed E-state index contributed by atoms with van der Waals surface area (Å²) in [6, 6.07) is 5.40. The molecule has 0 unspecified atom stereocenters. The van der Waals surface area contributed by atoms with Crippen molar-refractivity contribution >= 4 is 16.9 Å². The third-order valence-corrected chi connectivity index (χ3v) is 2.94. The molecule has 4 heteroatoms. The summed E-state index contributed by atoms with van der Waals surface area (Å²) in [5.41, 5.74) is 8.07. The molecule has 4 nitrogen and oxygen atoms in total. The number of carboxylic acid groups (broad SMARTS) is 1. The fourth-order valence-electron chi connectivity index (χ4n) is 2.16. The van der Waals surface area contributed by atoms with E-state index in [1.807, 2.05) is 19.2 Å². The summed E-state index contributed by atoms with van der Waals surface area (Å²) in [5.74, 6) is -0.881. The van der Waals surface area contributed by atoms with E-state index < -0.39 is 5.97 Å². The van der Waals surface area contributed by atoms with Gasteiger partial charge < -0.3 is 15.4 Å². The van der Waals surface area contributed by atoms with Crippen LogP contribution >= 0.6 is 0 Å². The number of hydrogen-bond acceptors (Lipinski definition) is 2. The summed E-state index contributed by atoms with van der Waals surface area (Å²) < 4.78 is 2.08. The van der Waals surface area contributed by atoms with Crippen LogP contribution in [-0.2, 0) is 13.0 Å². The third kappa shape index (κ3) is 2.03. The van der Waals surface area contributed by atoms with Gasteiger partial charge in [0.05, 0.1) is 11.1 Å². The zero-order valence-electron chi connectivity index (χ0n) is 9.81. The molecular weight excluding hydrogens is 216 g/mol. The van der Waals surface area contributed by atoms with E-state index in [-0.39, 0.29) is 0 Å². The summed E-state index contributed by atoms with van der Waals surface area (Å²) in [4.78, 5) is 11.0. The van der Waals surface area contributed by atoms with E-state index in [0.29, 0.717) is 12.1 Å². The van der Waals surface area contributed by atoms with Crippen molar-refractivity contribution in [1.29, 1.82) is 0 Å². The highest BCUT2D eigenvalue weighted by atomic mass is 16.4. The number of hydrogen-bond donors (Lipinski definition) is 2. The summed E-state index contributed by atoms with van der Waals surface area (Å²) >= 11 is 0. The van der Waals surface area contributed by atoms with Gasteiger partial charge in [0.25, 0.3) is 0 Å². The van der Waals surface area contributed by atoms with Crippen LogP contribution < -0.4 is 5.73 Å². The Balaban J connectivity index is 2.66. The van der Waals surface area contributed by atoms with Gasteiger partial charge in [0.1, 0.15) is 0 Å². The Kier molecular flexibility index (Phi) is 3.15. The van der Waals surface area contributed by atoms with Crippen molar-refractivity contribution in [3.05, 3.63) is 35.5 Å². The van der Waals surface area contributed by atoms with Crippen molar-refractivity contribution in [2.45, 2.75) is 19.9 Å². The van der Waals surface area contributed by atoms with Crippen LogP contribution in [0.3, 0.4) is 0 Å². The quantitative estimate of drug-likeness (QED) is 0.845. The first kappa shape index (κ1) is 11.7. The van der Waals surface area contributed by atoms with Crippen LogP contribution in [0, 0.1) is 0 Å². The van der Waals surface area contributed by atoms with Crippen molar-refractivity contribution in [3.8, 4) is 0 Å². The number of nitrogens with zero attached hydrogens (tertiary/aromatic N) is 1. The van der Waals surface area contributed by atoms with Crippen LogP contribution in [0.5, 0.6) is 0 Å². The Labute approximate surface area is 99.7 Å². The molecule has 17 heavy (non-hydrogen) atoms. The first-order valence-corrected chi connectivity index (χ1v) is 5.72. The summed E-state index contributed by atoms with van der Waals surface area (Å²) in [7, 11) is 0. The van der Waals surface area contributed by atoms with Gasteiger partial charge >= 0.3 is 5.97 Å². The van der Waals surface area contributed by atoms with Gasteiger partial charge in [0.2, 0.25) is 0 Å². The molecule has 0 aliphatic heterocycles. The number of aromatic nitrogens is 1. The van der Waals surface area contributed by atoms with E-state index in [9.17, 15) is 4.79 Å². The molecule has 1 aromatic heterocycles. The molecule has 2 rings (SSSR count). The van der Waals surface area contributed by atoms with E-state index in [2.05, 4.69) is 4.57 Å². The molecule has 3 N–H and O–H groups in total. The van der Waals surface area contributed by atoms with E-state index >= 15 is 0 Å². The van der Waals surface area contributed by atoms with Gasteiger partial charge in [-0.1, -0.05) is 6.92 Å². The zero-order valence-corrected chi connectivity index (χ0v) is 9.81. The minimum Gasteiger partial charge on any atom is -0.478 e. The number of carbonyl (C=O) groups is 1. The highest BCUT2D eigenvalue weighted by Crippen LogP contribution is 2.23. The molecular formula is C13H16N2O2. The normalized spacial score (nSPS) is 10.9. The smallest absolute Gasteiger partial charge is 0.335 e. The predicted molar refractivity (Wildman–Crippen MR) is 67.3 cm³/mol. The molecule has 0 atom stereocenters. The maximum atomic E-state index is 11.0. The Bertz CT molecular complexity index is 558. The predicted octanol–water partition coefficient (Wildman–Crippen LogP) is 1.86. The largest absolute Gasteiger partial charge is 0.478 e. The average Bonchev–Trinajstić information content (AvgIpc) is 2.72. The van der Waals surface area contributed by atoms with E-state index in [1.165, 1.54) is 0 Å². The lowest BCUT2D eigenvalue weighted by Crippen LogP contribution is -2.09. The van der Waals surface area contributed by atoms with E-state index in [0.717, 1.165) is 29.4 Å². The first-order valence-electron chi connectivity index (χ1n) is 5.72. The molecule has 0 saturated heterocycles. The van der Waals surface area contributed by atoms with E-state index in [4.69, 9.17) is 10.8 Å². The lowest BCUT2D eigenvalue weighted by atomic mass is 10.0. The van der Waals surface area contributed by atoms with E-state index in [1.54, 1.807) is 12.1 Å². The Morgan fingerprint density at radius 1 is 1.47 bits per heavy atom. The van der Waals surface area contributed by atoms with Gasteiger partial charge in [-0.15, -0.1) is 0 Å². The van der Waals surface area contributed by atoms with Crippen LogP contribution in [0.25, 0.3) is 10.9 Å². The van der Waals surface area contributed by atoms with Gasteiger partial charge in [0, 0.05) is 24.7 Å². The average molecular weight is 232 g/mol. The Morgan fingerprint density at radius 3 is 2.82 bits per heavy atom. The molecule has 0 amide bonds. The number of aromatic carboxylic acids is 1. The molecule has 90 valence electrons. The number of fused-ring (bicyclic) bond motifs is 1. The molecule has 0 saturated carbocycles. The molecule has 0 aliphatic rings.